The Balaban J connectivity index is 1.82. The first-order valence-corrected chi connectivity index (χ1v) is 8.69. The van der Waals surface area contributed by atoms with Gasteiger partial charge in [0.2, 0.25) is 10.0 Å². The van der Waals surface area contributed by atoms with Gasteiger partial charge in [-0.2, -0.15) is 0 Å². The SMILES string of the molecule is CS(=O)(=O)N1CCc2ccc(C(=O)NCC3CC3)cc21. The van der Waals surface area contributed by atoms with Gasteiger partial charge in [0.05, 0.1) is 11.9 Å². The standard InChI is InChI=1S/C14H18N2O3S/c1-20(18,19)16-7-6-11-4-5-12(8-13(11)16)14(17)15-9-10-2-3-10/h4-5,8,10H,2-3,6-7,9H2,1H3,(H,15,17). The van der Waals surface area contributed by atoms with Crippen LogP contribution in [-0.2, 0) is 16.4 Å². The summed E-state index contributed by atoms with van der Waals surface area (Å²) in [7, 11) is -3.27. The minimum Gasteiger partial charge on any atom is -0.352 e. The van der Waals surface area contributed by atoms with Crippen LogP contribution in [0.2, 0.25) is 0 Å². The van der Waals surface area contributed by atoms with Crippen LogP contribution < -0.4 is 9.62 Å². The number of amides is 1. The van der Waals surface area contributed by atoms with Gasteiger partial charge in [-0.25, -0.2) is 8.42 Å². The van der Waals surface area contributed by atoms with Crippen LogP contribution in [0.5, 0.6) is 0 Å². The monoisotopic (exact) mass is 294 g/mol. The molecule has 0 aromatic heterocycles. The van der Waals surface area contributed by atoms with Crippen molar-refractivity contribution in [3.8, 4) is 0 Å². The lowest BCUT2D eigenvalue weighted by atomic mass is 10.1. The third kappa shape index (κ3) is 2.65. The van der Waals surface area contributed by atoms with Gasteiger partial charge in [0, 0.05) is 18.7 Å². The Hall–Kier alpha value is -1.56. The van der Waals surface area contributed by atoms with E-state index in [2.05, 4.69) is 5.32 Å². The molecule has 1 aliphatic carbocycles. The highest BCUT2D eigenvalue weighted by Crippen LogP contribution is 2.31. The molecule has 1 aromatic rings. The third-order valence-corrected chi connectivity index (χ3v) is 5.03. The minimum atomic E-state index is -3.27. The molecule has 1 fully saturated rings. The second-order valence-electron chi connectivity index (χ2n) is 5.58. The summed E-state index contributed by atoms with van der Waals surface area (Å²) >= 11 is 0. The van der Waals surface area contributed by atoms with E-state index in [1.807, 2.05) is 6.07 Å². The normalized spacial score (nSPS) is 17.9. The highest BCUT2D eigenvalue weighted by Gasteiger charge is 2.27. The second kappa shape index (κ2) is 4.77. The van der Waals surface area contributed by atoms with Crippen molar-refractivity contribution in [3.63, 3.8) is 0 Å². The largest absolute Gasteiger partial charge is 0.352 e. The smallest absolute Gasteiger partial charge is 0.251 e. The van der Waals surface area contributed by atoms with Crippen LogP contribution in [0.1, 0.15) is 28.8 Å². The fourth-order valence-electron chi connectivity index (χ4n) is 2.50. The van der Waals surface area contributed by atoms with E-state index in [0.29, 0.717) is 36.7 Å². The summed E-state index contributed by atoms with van der Waals surface area (Å²) in [5, 5.41) is 2.90. The molecular weight excluding hydrogens is 276 g/mol. The molecule has 108 valence electrons. The third-order valence-electron chi connectivity index (χ3n) is 3.85. The van der Waals surface area contributed by atoms with Crippen molar-refractivity contribution in [2.24, 2.45) is 5.92 Å². The average Bonchev–Trinajstić information content (AvgIpc) is 3.11. The molecule has 0 radical (unpaired) electrons. The maximum Gasteiger partial charge on any atom is 0.251 e. The summed E-state index contributed by atoms with van der Waals surface area (Å²) in [5.41, 5.74) is 2.15. The first kappa shape index (κ1) is 13.4. The lowest BCUT2D eigenvalue weighted by Crippen LogP contribution is -2.28. The predicted octanol–water partition coefficient (Wildman–Crippen LogP) is 1.15. The number of carbonyl (C=O) groups is 1. The van der Waals surface area contributed by atoms with Crippen LogP contribution in [-0.4, -0.2) is 33.7 Å². The van der Waals surface area contributed by atoms with Crippen LogP contribution in [0.15, 0.2) is 18.2 Å². The summed E-state index contributed by atoms with van der Waals surface area (Å²) in [6, 6.07) is 5.31. The number of benzene rings is 1. The molecule has 2 aliphatic rings. The van der Waals surface area contributed by atoms with Crippen LogP contribution in [0.25, 0.3) is 0 Å². The van der Waals surface area contributed by atoms with Gasteiger partial charge in [-0.1, -0.05) is 6.07 Å². The van der Waals surface area contributed by atoms with E-state index in [-0.39, 0.29) is 5.91 Å². The summed E-state index contributed by atoms with van der Waals surface area (Å²) in [6.07, 6.45) is 4.27. The molecule has 1 aliphatic heterocycles. The Morgan fingerprint density at radius 1 is 1.40 bits per heavy atom. The molecule has 6 heteroatoms. The van der Waals surface area contributed by atoms with Crippen molar-refractivity contribution in [2.75, 3.05) is 23.7 Å². The maximum absolute atomic E-state index is 12.1. The van der Waals surface area contributed by atoms with Crippen LogP contribution >= 0.6 is 0 Å². The molecular formula is C14H18N2O3S. The van der Waals surface area contributed by atoms with Gasteiger partial charge in [0.15, 0.2) is 0 Å². The first-order valence-electron chi connectivity index (χ1n) is 6.84. The van der Waals surface area contributed by atoms with Crippen LogP contribution in [0.3, 0.4) is 0 Å². The molecule has 0 unspecified atom stereocenters. The van der Waals surface area contributed by atoms with Crippen molar-refractivity contribution in [3.05, 3.63) is 29.3 Å². The molecule has 0 saturated heterocycles. The van der Waals surface area contributed by atoms with Gasteiger partial charge in [-0.05, 0) is 42.9 Å². The molecule has 1 saturated carbocycles. The van der Waals surface area contributed by atoms with Gasteiger partial charge < -0.3 is 5.32 Å². The maximum atomic E-state index is 12.1. The summed E-state index contributed by atoms with van der Waals surface area (Å²) < 4.78 is 24.8. The van der Waals surface area contributed by atoms with Gasteiger partial charge in [-0.3, -0.25) is 9.10 Å². The summed E-state index contributed by atoms with van der Waals surface area (Å²) in [6.45, 7) is 1.17. The number of hydrogen-bond acceptors (Lipinski definition) is 3. The quantitative estimate of drug-likeness (QED) is 0.906. The molecule has 1 amide bonds. The van der Waals surface area contributed by atoms with E-state index in [1.165, 1.54) is 23.4 Å². The van der Waals surface area contributed by atoms with Crippen LogP contribution in [0.4, 0.5) is 5.69 Å². The van der Waals surface area contributed by atoms with E-state index in [1.54, 1.807) is 12.1 Å². The van der Waals surface area contributed by atoms with Crippen molar-refractivity contribution >= 4 is 21.6 Å². The Morgan fingerprint density at radius 3 is 2.80 bits per heavy atom. The van der Waals surface area contributed by atoms with E-state index in [0.717, 1.165) is 5.56 Å². The summed E-state index contributed by atoms with van der Waals surface area (Å²) in [5.74, 6) is 0.501. The molecule has 0 bridgehead atoms. The number of nitrogens with zero attached hydrogens (tertiary/aromatic N) is 1. The molecule has 20 heavy (non-hydrogen) atoms. The zero-order valence-corrected chi connectivity index (χ0v) is 12.2. The van der Waals surface area contributed by atoms with Crippen molar-refractivity contribution < 1.29 is 13.2 Å². The van der Waals surface area contributed by atoms with E-state index < -0.39 is 10.0 Å². The fourth-order valence-corrected chi connectivity index (χ4v) is 3.45. The van der Waals surface area contributed by atoms with Gasteiger partial charge >= 0.3 is 0 Å². The van der Waals surface area contributed by atoms with E-state index in [9.17, 15) is 13.2 Å². The Labute approximate surface area is 119 Å². The predicted molar refractivity (Wildman–Crippen MR) is 77.4 cm³/mol. The number of rotatable bonds is 4. The Kier molecular flexibility index (Phi) is 3.20. The fraction of sp³-hybridized carbons (Fsp3) is 0.500. The van der Waals surface area contributed by atoms with Crippen molar-refractivity contribution in [1.29, 1.82) is 0 Å². The minimum absolute atomic E-state index is 0.125. The van der Waals surface area contributed by atoms with Gasteiger partial charge in [-0.15, -0.1) is 0 Å². The zero-order chi connectivity index (χ0) is 14.3. The van der Waals surface area contributed by atoms with Gasteiger partial charge in [0.1, 0.15) is 0 Å². The number of sulfonamides is 1. The van der Waals surface area contributed by atoms with Gasteiger partial charge in [0.25, 0.3) is 5.91 Å². The molecule has 1 aromatic carbocycles. The summed E-state index contributed by atoms with van der Waals surface area (Å²) in [4.78, 5) is 12.1. The van der Waals surface area contributed by atoms with Crippen LogP contribution in [0, 0.1) is 5.92 Å². The number of fused-ring (bicyclic) bond motifs is 1. The molecule has 0 atom stereocenters. The lowest BCUT2D eigenvalue weighted by Gasteiger charge is -2.17. The molecule has 1 heterocycles. The molecule has 1 N–H and O–H groups in total. The topological polar surface area (TPSA) is 66.5 Å². The van der Waals surface area contributed by atoms with E-state index >= 15 is 0 Å². The average molecular weight is 294 g/mol. The number of hydrogen-bond donors (Lipinski definition) is 1. The Morgan fingerprint density at radius 2 is 2.15 bits per heavy atom. The highest BCUT2D eigenvalue weighted by atomic mass is 32.2. The van der Waals surface area contributed by atoms with Crippen molar-refractivity contribution in [1.82, 2.24) is 5.32 Å². The number of nitrogens with one attached hydrogen (secondary N) is 1. The molecule has 5 nitrogen and oxygen atoms in total. The number of anilines is 1. The number of carbonyl (C=O) groups excluding carboxylic acids is 1. The zero-order valence-electron chi connectivity index (χ0n) is 11.4. The van der Waals surface area contributed by atoms with Crippen molar-refractivity contribution in [2.45, 2.75) is 19.3 Å². The van der Waals surface area contributed by atoms with E-state index in [4.69, 9.17) is 0 Å². The highest BCUT2D eigenvalue weighted by molar-refractivity contribution is 7.92. The molecule has 0 spiro atoms. The Bertz CT molecular complexity index is 650. The molecule has 3 rings (SSSR count). The lowest BCUT2D eigenvalue weighted by molar-refractivity contribution is 0.0952. The first-order chi connectivity index (χ1) is 9.45. The second-order valence-corrected chi connectivity index (χ2v) is 7.49.